The van der Waals surface area contributed by atoms with Crippen LogP contribution in [0.2, 0.25) is 18.1 Å². The average Bonchev–Trinajstić information content (AvgIpc) is 2.98. The van der Waals surface area contributed by atoms with Gasteiger partial charge in [0.25, 0.3) is 0 Å². The smallest absolute Gasteiger partial charge is 0.192 e. The predicted octanol–water partition coefficient (Wildman–Crippen LogP) is 7.58. The minimum Gasteiger partial charge on any atom is -0.492 e. The molecule has 2 fully saturated rings. The zero-order valence-electron chi connectivity index (χ0n) is 26.1. The van der Waals surface area contributed by atoms with Crippen molar-refractivity contribution in [1.82, 2.24) is 0 Å². The molecule has 0 radical (unpaired) electrons. The molecule has 5 rings (SSSR count). The zero-order chi connectivity index (χ0) is 29.6. The van der Waals surface area contributed by atoms with Crippen LogP contribution in [0, 0.1) is 0 Å². The van der Waals surface area contributed by atoms with Crippen molar-refractivity contribution in [3.8, 4) is 0 Å². The largest absolute Gasteiger partial charge is 0.492 e. The number of hydrogen-bond donors (Lipinski definition) is 0. The van der Waals surface area contributed by atoms with Crippen LogP contribution in [0.25, 0.3) is 0 Å². The van der Waals surface area contributed by atoms with Gasteiger partial charge in [0.15, 0.2) is 8.32 Å². The Bertz CT molecular complexity index is 1130. The van der Waals surface area contributed by atoms with Crippen molar-refractivity contribution in [2.75, 3.05) is 13.2 Å². The molecule has 2 aromatic rings. The molecular weight excluding hydrogens is 544 g/mol. The highest BCUT2D eigenvalue weighted by Crippen LogP contribution is 2.41. The molecule has 0 amide bonds. The van der Waals surface area contributed by atoms with E-state index in [1.165, 1.54) is 0 Å². The van der Waals surface area contributed by atoms with Crippen LogP contribution >= 0.6 is 0 Å². The molecule has 3 aliphatic rings. The fraction of sp³-hybridized carbons (Fsp3) is 0.600. The van der Waals surface area contributed by atoms with E-state index in [1.54, 1.807) is 0 Å². The molecule has 6 nitrogen and oxygen atoms in total. The van der Waals surface area contributed by atoms with E-state index < -0.39 is 8.32 Å². The average molecular weight is 595 g/mol. The lowest BCUT2D eigenvalue weighted by molar-refractivity contribution is -0.201. The summed E-state index contributed by atoms with van der Waals surface area (Å²) < 4.78 is 39.3. The summed E-state index contributed by atoms with van der Waals surface area (Å²) in [6.07, 6.45) is 6.34. The van der Waals surface area contributed by atoms with Crippen LogP contribution in [0.1, 0.15) is 64.0 Å². The Labute approximate surface area is 253 Å². The second-order valence-corrected chi connectivity index (χ2v) is 18.3. The van der Waals surface area contributed by atoms with Crippen LogP contribution in [0.15, 0.2) is 72.5 Å². The van der Waals surface area contributed by atoms with E-state index in [2.05, 4.69) is 76.3 Å². The summed E-state index contributed by atoms with van der Waals surface area (Å²) in [5.41, 5.74) is 2.30. The lowest BCUT2D eigenvalue weighted by Crippen LogP contribution is -2.55. The molecule has 0 N–H and O–H groups in total. The molecule has 42 heavy (non-hydrogen) atoms. The van der Waals surface area contributed by atoms with E-state index >= 15 is 0 Å². The fourth-order valence-corrected chi connectivity index (χ4v) is 7.10. The molecule has 0 unspecified atom stereocenters. The van der Waals surface area contributed by atoms with E-state index in [1.807, 2.05) is 24.3 Å². The van der Waals surface area contributed by atoms with Gasteiger partial charge < -0.3 is 28.1 Å². The molecule has 7 heteroatoms. The quantitative estimate of drug-likeness (QED) is 0.250. The Morgan fingerprint density at radius 3 is 2.24 bits per heavy atom. The van der Waals surface area contributed by atoms with Gasteiger partial charge in [-0.05, 0) is 54.6 Å². The van der Waals surface area contributed by atoms with Gasteiger partial charge >= 0.3 is 0 Å². The van der Waals surface area contributed by atoms with E-state index in [9.17, 15) is 0 Å². The summed E-state index contributed by atoms with van der Waals surface area (Å²) in [6, 6.07) is 20.6. The van der Waals surface area contributed by atoms with Crippen molar-refractivity contribution in [3.05, 3.63) is 83.6 Å². The monoisotopic (exact) mass is 594 g/mol. The summed E-state index contributed by atoms with van der Waals surface area (Å²) in [6.45, 7) is 13.9. The summed E-state index contributed by atoms with van der Waals surface area (Å²) in [5, 5.41) is 0.0842. The second-order valence-electron chi connectivity index (χ2n) is 13.5. The zero-order valence-corrected chi connectivity index (χ0v) is 27.1. The van der Waals surface area contributed by atoms with Crippen molar-refractivity contribution in [2.24, 2.45) is 0 Å². The SMILES string of the molecule is CC(C)(C)[Si](C)(C)O[C@@H]1C[C@H](OCc2ccccc2)[C@@H](COCc2ccccc2)O[C@H]1CC1=CC[C@H]2OCCC[C@@H]2O1. The first-order valence-electron chi connectivity index (χ1n) is 15.8. The summed E-state index contributed by atoms with van der Waals surface area (Å²) in [7, 11) is -2.08. The maximum absolute atomic E-state index is 7.09. The van der Waals surface area contributed by atoms with Crippen LogP contribution in [0.4, 0.5) is 0 Å². The normalized spacial score (nSPS) is 28.5. The number of rotatable bonds is 11. The molecule has 0 aliphatic carbocycles. The summed E-state index contributed by atoms with van der Waals surface area (Å²) in [4.78, 5) is 0. The van der Waals surface area contributed by atoms with Crippen LogP contribution in [0.5, 0.6) is 0 Å². The van der Waals surface area contributed by atoms with Gasteiger partial charge in [-0.25, -0.2) is 0 Å². The highest BCUT2D eigenvalue weighted by molar-refractivity contribution is 6.74. The molecule has 0 spiro atoms. The van der Waals surface area contributed by atoms with Gasteiger partial charge in [0.1, 0.15) is 12.2 Å². The van der Waals surface area contributed by atoms with Gasteiger partial charge in [-0.2, -0.15) is 0 Å². The second kappa shape index (κ2) is 14.2. The summed E-state index contributed by atoms with van der Waals surface area (Å²) >= 11 is 0. The molecule has 230 valence electrons. The Kier molecular flexibility index (Phi) is 10.6. The first-order chi connectivity index (χ1) is 20.2. The Morgan fingerprint density at radius 2 is 1.55 bits per heavy atom. The van der Waals surface area contributed by atoms with E-state index in [4.69, 9.17) is 28.1 Å². The summed E-state index contributed by atoms with van der Waals surface area (Å²) in [5.74, 6) is 1.00. The molecule has 0 saturated carbocycles. The molecule has 2 aromatic carbocycles. The highest BCUT2D eigenvalue weighted by Gasteiger charge is 2.46. The molecule has 3 heterocycles. The minimum absolute atomic E-state index is 0.0842. The standard InChI is InChI=1S/C35H50O6Si/c1-35(2,3)42(4,5)41-33-22-31(38-24-27-15-10-7-11-16-27)34(25-36-23-26-13-8-6-9-14-26)40-32(33)21-28-18-19-29-30(39-28)17-12-20-37-29/h6-11,13-16,18,29-34H,12,17,19-25H2,1-5H3/t29-,30+,31+,32+,33-,34-/m1/s1. The predicted molar refractivity (Wildman–Crippen MR) is 168 cm³/mol. The number of benzene rings is 2. The van der Waals surface area contributed by atoms with Gasteiger partial charge in [-0.1, -0.05) is 81.4 Å². The molecule has 2 saturated heterocycles. The van der Waals surface area contributed by atoms with Crippen molar-refractivity contribution in [2.45, 2.75) is 121 Å². The number of fused-ring (bicyclic) bond motifs is 1. The van der Waals surface area contributed by atoms with E-state index in [0.29, 0.717) is 26.2 Å². The topological polar surface area (TPSA) is 55.4 Å². The third-order valence-corrected chi connectivity index (χ3v) is 13.8. The first kappa shape index (κ1) is 31.4. The molecule has 6 atom stereocenters. The maximum atomic E-state index is 7.09. The molecular formula is C35H50O6Si. The van der Waals surface area contributed by atoms with Crippen LogP contribution in [-0.2, 0) is 41.3 Å². The van der Waals surface area contributed by atoms with Crippen molar-refractivity contribution < 1.29 is 28.1 Å². The van der Waals surface area contributed by atoms with Crippen molar-refractivity contribution in [1.29, 1.82) is 0 Å². The van der Waals surface area contributed by atoms with E-state index in [-0.39, 0.29) is 41.7 Å². The van der Waals surface area contributed by atoms with Gasteiger partial charge in [-0.3, -0.25) is 0 Å². The maximum Gasteiger partial charge on any atom is 0.192 e. The Morgan fingerprint density at radius 1 is 0.857 bits per heavy atom. The molecule has 3 aliphatic heterocycles. The first-order valence-corrected chi connectivity index (χ1v) is 18.7. The van der Waals surface area contributed by atoms with Crippen LogP contribution in [0.3, 0.4) is 0 Å². The van der Waals surface area contributed by atoms with Gasteiger partial charge in [0.05, 0.1) is 50.0 Å². The van der Waals surface area contributed by atoms with Crippen molar-refractivity contribution >= 4 is 8.32 Å². The highest BCUT2D eigenvalue weighted by atomic mass is 28.4. The lowest BCUT2D eigenvalue weighted by Gasteiger charge is -2.47. The lowest BCUT2D eigenvalue weighted by atomic mass is 9.94. The molecule has 0 bridgehead atoms. The Hall–Kier alpha value is -2.00. The van der Waals surface area contributed by atoms with Crippen LogP contribution in [-0.4, -0.2) is 58.2 Å². The Balaban J connectivity index is 1.34. The fourth-order valence-electron chi connectivity index (χ4n) is 5.74. The molecule has 0 aromatic heterocycles. The van der Waals surface area contributed by atoms with Crippen molar-refractivity contribution in [3.63, 3.8) is 0 Å². The third kappa shape index (κ3) is 8.33. The minimum atomic E-state index is -2.08. The number of hydrogen-bond acceptors (Lipinski definition) is 6. The van der Waals surface area contributed by atoms with Gasteiger partial charge in [-0.15, -0.1) is 0 Å². The van der Waals surface area contributed by atoms with Gasteiger partial charge in [0.2, 0.25) is 0 Å². The van der Waals surface area contributed by atoms with E-state index in [0.717, 1.165) is 49.2 Å². The third-order valence-electron chi connectivity index (χ3n) is 9.26. The number of ether oxygens (including phenoxy) is 5. The van der Waals surface area contributed by atoms with Gasteiger partial charge in [0, 0.05) is 19.4 Å². The van der Waals surface area contributed by atoms with Crippen LogP contribution < -0.4 is 0 Å².